The molecule has 0 spiro atoms. The van der Waals surface area contributed by atoms with E-state index in [2.05, 4.69) is 15.5 Å². The Balaban J connectivity index is 1.73. The van der Waals surface area contributed by atoms with E-state index in [1.165, 1.54) is 7.11 Å². The first-order valence-corrected chi connectivity index (χ1v) is 9.84. The predicted molar refractivity (Wildman–Crippen MR) is 121 cm³/mol. The molecule has 31 heavy (non-hydrogen) atoms. The molecule has 0 saturated heterocycles. The molecule has 156 valence electrons. The van der Waals surface area contributed by atoms with E-state index in [0.717, 1.165) is 27.8 Å². The maximum atomic E-state index is 11.7. The lowest BCUT2D eigenvalue weighted by atomic mass is 10.0. The van der Waals surface area contributed by atoms with Crippen LogP contribution in [0.15, 0.2) is 66.7 Å². The molecule has 1 aromatic heterocycles. The van der Waals surface area contributed by atoms with E-state index in [-0.39, 0.29) is 5.56 Å². The number of fused-ring (bicyclic) bond motifs is 1. The van der Waals surface area contributed by atoms with E-state index in [1.807, 2.05) is 55.5 Å². The van der Waals surface area contributed by atoms with E-state index >= 15 is 0 Å². The number of carbonyl (C=O) groups is 1. The van der Waals surface area contributed by atoms with Gasteiger partial charge in [-0.25, -0.2) is 0 Å². The Morgan fingerprint density at radius 3 is 2.42 bits per heavy atom. The van der Waals surface area contributed by atoms with Crippen LogP contribution in [0.25, 0.3) is 22.0 Å². The molecular weight excluding hydrogens is 392 g/mol. The lowest BCUT2D eigenvalue weighted by Gasteiger charge is -2.13. The summed E-state index contributed by atoms with van der Waals surface area (Å²) in [4.78, 5) is 11.7. The second-order valence-corrected chi connectivity index (χ2v) is 6.80. The van der Waals surface area contributed by atoms with Crippen molar-refractivity contribution in [2.24, 2.45) is 5.73 Å². The zero-order valence-corrected chi connectivity index (χ0v) is 17.3. The Kier molecular flexibility index (Phi) is 5.66. The molecule has 1 amide bonds. The van der Waals surface area contributed by atoms with Crippen molar-refractivity contribution < 1.29 is 14.3 Å². The zero-order chi connectivity index (χ0) is 21.8. The van der Waals surface area contributed by atoms with Crippen molar-refractivity contribution in [1.29, 1.82) is 0 Å². The number of hydrogen-bond acceptors (Lipinski definition) is 6. The van der Waals surface area contributed by atoms with Crippen LogP contribution in [0.3, 0.4) is 0 Å². The number of benzene rings is 3. The van der Waals surface area contributed by atoms with E-state index in [1.54, 1.807) is 18.2 Å². The van der Waals surface area contributed by atoms with Gasteiger partial charge >= 0.3 is 0 Å². The first-order chi connectivity index (χ1) is 15.1. The van der Waals surface area contributed by atoms with Gasteiger partial charge in [-0.3, -0.25) is 4.79 Å². The van der Waals surface area contributed by atoms with Gasteiger partial charge in [-0.05, 0) is 49.4 Å². The highest BCUT2D eigenvalue weighted by Crippen LogP contribution is 2.32. The van der Waals surface area contributed by atoms with Crippen molar-refractivity contribution in [3.8, 4) is 22.8 Å². The van der Waals surface area contributed by atoms with Gasteiger partial charge in [0.25, 0.3) is 5.91 Å². The summed E-state index contributed by atoms with van der Waals surface area (Å²) in [6.45, 7) is 2.57. The third-order valence-electron chi connectivity index (χ3n) is 4.85. The molecule has 1 heterocycles. The van der Waals surface area contributed by atoms with Gasteiger partial charge in [-0.2, -0.15) is 0 Å². The van der Waals surface area contributed by atoms with Gasteiger partial charge in [-0.1, -0.05) is 24.3 Å². The summed E-state index contributed by atoms with van der Waals surface area (Å²) >= 11 is 0. The highest BCUT2D eigenvalue weighted by atomic mass is 16.5. The Bertz CT molecular complexity index is 1240. The van der Waals surface area contributed by atoms with Gasteiger partial charge in [0.2, 0.25) is 0 Å². The Labute approximate surface area is 179 Å². The number of hydrogen-bond donors (Lipinski definition) is 2. The predicted octanol–water partition coefficient (Wildman–Crippen LogP) is 4.55. The van der Waals surface area contributed by atoms with Crippen LogP contribution in [0.5, 0.6) is 11.5 Å². The smallest absolute Gasteiger partial charge is 0.252 e. The summed E-state index contributed by atoms with van der Waals surface area (Å²) in [5.74, 6) is 1.24. The average molecular weight is 414 g/mol. The maximum absolute atomic E-state index is 11.7. The van der Waals surface area contributed by atoms with Gasteiger partial charge in [0.1, 0.15) is 17.2 Å². The fourth-order valence-electron chi connectivity index (χ4n) is 3.40. The summed E-state index contributed by atoms with van der Waals surface area (Å²) in [6.07, 6.45) is 0. The van der Waals surface area contributed by atoms with Crippen LogP contribution in [-0.2, 0) is 0 Å². The van der Waals surface area contributed by atoms with Crippen molar-refractivity contribution in [2.45, 2.75) is 6.92 Å². The number of carbonyl (C=O) groups excluding carboxylic acids is 1. The largest absolute Gasteiger partial charge is 0.496 e. The number of amides is 1. The first-order valence-electron chi connectivity index (χ1n) is 9.84. The minimum absolute atomic E-state index is 0.288. The number of ether oxygens (including phenoxy) is 2. The average Bonchev–Trinajstić information content (AvgIpc) is 2.80. The fourth-order valence-corrected chi connectivity index (χ4v) is 3.40. The second kappa shape index (κ2) is 8.71. The van der Waals surface area contributed by atoms with Crippen LogP contribution in [0.4, 0.5) is 11.5 Å². The minimum Gasteiger partial charge on any atom is -0.496 e. The fraction of sp³-hybridized carbons (Fsp3) is 0.125. The number of aromatic nitrogens is 2. The van der Waals surface area contributed by atoms with Crippen molar-refractivity contribution in [3.05, 3.63) is 72.3 Å². The summed E-state index contributed by atoms with van der Waals surface area (Å²) in [5, 5.41) is 14.0. The van der Waals surface area contributed by atoms with Gasteiger partial charge in [0.15, 0.2) is 5.82 Å². The van der Waals surface area contributed by atoms with Crippen LogP contribution < -0.4 is 20.5 Å². The maximum Gasteiger partial charge on any atom is 0.252 e. The SMILES string of the molecule is CCOc1ccc(-c2nnc(Nc3ccc(OC)c(C(N)=O)c3)c3ccccc23)cc1. The molecule has 4 aromatic rings. The number of anilines is 2. The third-order valence-corrected chi connectivity index (χ3v) is 4.85. The van der Waals surface area contributed by atoms with Crippen LogP contribution in [0, 0.1) is 0 Å². The molecule has 7 heteroatoms. The summed E-state index contributed by atoms with van der Waals surface area (Å²) < 4.78 is 10.7. The molecular formula is C24H22N4O3. The summed E-state index contributed by atoms with van der Waals surface area (Å²) in [7, 11) is 1.49. The molecule has 0 atom stereocenters. The van der Waals surface area contributed by atoms with Crippen molar-refractivity contribution >= 4 is 28.2 Å². The summed E-state index contributed by atoms with van der Waals surface area (Å²) in [5.41, 5.74) is 8.13. The lowest BCUT2D eigenvalue weighted by molar-refractivity contribution is 0.0997. The van der Waals surface area contributed by atoms with Crippen molar-refractivity contribution in [3.63, 3.8) is 0 Å². The van der Waals surface area contributed by atoms with E-state index in [4.69, 9.17) is 15.2 Å². The first kappa shape index (κ1) is 20.2. The lowest BCUT2D eigenvalue weighted by Crippen LogP contribution is -2.13. The quantitative estimate of drug-likeness (QED) is 0.460. The molecule has 0 radical (unpaired) electrons. The molecule has 3 aromatic carbocycles. The Morgan fingerprint density at radius 2 is 1.74 bits per heavy atom. The Morgan fingerprint density at radius 1 is 1.00 bits per heavy atom. The second-order valence-electron chi connectivity index (χ2n) is 6.80. The number of primary amides is 1. The topological polar surface area (TPSA) is 99.4 Å². The molecule has 7 nitrogen and oxygen atoms in total. The van der Waals surface area contributed by atoms with Crippen LogP contribution >= 0.6 is 0 Å². The highest BCUT2D eigenvalue weighted by molar-refractivity contribution is 6.01. The number of nitrogens with zero attached hydrogens (tertiary/aromatic N) is 2. The molecule has 0 fully saturated rings. The molecule has 3 N–H and O–H groups in total. The number of nitrogens with two attached hydrogens (primary N) is 1. The molecule has 0 bridgehead atoms. The van der Waals surface area contributed by atoms with E-state index < -0.39 is 5.91 Å². The van der Waals surface area contributed by atoms with Gasteiger partial charge < -0.3 is 20.5 Å². The molecule has 0 aliphatic heterocycles. The van der Waals surface area contributed by atoms with Gasteiger partial charge in [0, 0.05) is 22.0 Å². The number of methoxy groups -OCH3 is 1. The molecule has 4 rings (SSSR count). The third kappa shape index (κ3) is 4.11. The van der Waals surface area contributed by atoms with E-state index in [9.17, 15) is 4.79 Å². The van der Waals surface area contributed by atoms with Crippen molar-refractivity contribution in [2.75, 3.05) is 19.0 Å². The van der Waals surface area contributed by atoms with Crippen molar-refractivity contribution in [1.82, 2.24) is 10.2 Å². The minimum atomic E-state index is -0.567. The van der Waals surface area contributed by atoms with Gasteiger partial charge in [0.05, 0.1) is 19.3 Å². The van der Waals surface area contributed by atoms with Gasteiger partial charge in [-0.15, -0.1) is 10.2 Å². The number of nitrogens with one attached hydrogen (secondary N) is 1. The normalized spacial score (nSPS) is 10.6. The standard InChI is InChI=1S/C24H22N4O3/c1-3-31-17-11-8-15(9-12-17)22-18-6-4-5-7-19(18)24(28-27-22)26-16-10-13-21(30-2)20(14-16)23(25)29/h4-14H,3H2,1-2H3,(H2,25,29)(H,26,28). The molecule has 0 unspecified atom stereocenters. The molecule has 0 aliphatic carbocycles. The van der Waals surface area contributed by atoms with E-state index in [0.29, 0.717) is 23.9 Å². The molecule has 0 aliphatic rings. The number of rotatable bonds is 7. The molecule has 0 saturated carbocycles. The Hall–Kier alpha value is -4.13. The monoisotopic (exact) mass is 414 g/mol. The van der Waals surface area contributed by atoms with Crippen LogP contribution in [0.1, 0.15) is 17.3 Å². The zero-order valence-electron chi connectivity index (χ0n) is 17.3. The van der Waals surface area contributed by atoms with Crippen LogP contribution in [0.2, 0.25) is 0 Å². The highest BCUT2D eigenvalue weighted by Gasteiger charge is 2.14. The summed E-state index contributed by atoms with van der Waals surface area (Å²) in [6, 6.07) is 20.8. The van der Waals surface area contributed by atoms with Crippen LogP contribution in [-0.4, -0.2) is 29.8 Å².